The summed E-state index contributed by atoms with van der Waals surface area (Å²) in [5, 5.41) is 9.09. The third-order valence-corrected chi connectivity index (χ3v) is 3.11. The maximum Gasteiger partial charge on any atom is 0.311 e. The van der Waals surface area contributed by atoms with Crippen molar-refractivity contribution in [1.29, 1.82) is 0 Å². The Hall–Kier alpha value is -0.570. The Balaban J connectivity index is 2.60. The number of carboxylic acids is 1. The Kier molecular flexibility index (Phi) is 2.96. The molecule has 1 atom stereocenters. The standard InChI is InChI=1S/C10H19NO2/c1-7(2)6-8(11)10(9(12)13)4-3-5-10/h7-8H,3-6,11H2,1-2H3,(H,12,13). The highest BCUT2D eigenvalue weighted by atomic mass is 16.4. The molecular formula is C10H19NO2. The molecule has 13 heavy (non-hydrogen) atoms. The highest BCUT2D eigenvalue weighted by Gasteiger charge is 2.48. The number of hydrogen-bond donors (Lipinski definition) is 2. The van der Waals surface area contributed by atoms with Gasteiger partial charge in [0.2, 0.25) is 0 Å². The van der Waals surface area contributed by atoms with E-state index in [4.69, 9.17) is 10.8 Å². The van der Waals surface area contributed by atoms with E-state index >= 15 is 0 Å². The van der Waals surface area contributed by atoms with Gasteiger partial charge in [0.15, 0.2) is 0 Å². The van der Waals surface area contributed by atoms with Crippen LogP contribution in [0.5, 0.6) is 0 Å². The summed E-state index contributed by atoms with van der Waals surface area (Å²) in [5.74, 6) is -0.223. The van der Waals surface area contributed by atoms with Crippen LogP contribution in [0.15, 0.2) is 0 Å². The van der Waals surface area contributed by atoms with Crippen molar-refractivity contribution >= 4 is 5.97 Å². The Morgan fingerprint density at radius 3 is 2.31 bits per heavy atom. The number of hydrogen-bond acceptors (Lipinski definition) is 2. The molecule has 0 saturated heterocycles. The fraction of sp³-hybridized carbons (Fsp3) is 0.900. The average Bonchev–Trinajstić information content (AvgIpc) is 1.79. The van der Waals surface area contributed by atoms with Gasteiger partial charge in [-0.15, -0.1) is 0 Å². The molecule has 0 aliphatic heterocycles. The molecule has 0 amide bonds. The second kappa shape index (κ2) is 3.66. The smallest absolute Gasteiger partial charge is 0.311 e. The topological polar surface area (TPSA) is 63.3 Å². The summed E-state index contributed by atoms with van der Waals surface area (Å²) >= 11 is 0. The molecule has 76 valence electrons. The van der Waals surface area contributed by atoms with Crippen LogP contribution in [0.3, 0.4) is 0 Å². The van der Waals surface area contributed by atoms with Gasteiger partial charge in [-0.1, -0.05) is 20.3 Å². The van der Waals surface area contributed by atoms with Crippen molar-refractivity contribution in [3.8, 4) is 0 Å². The summed E-state index contributed by atoms with van der Waals surface area (Å²) < 4.78 is 0. The minimum Gasteiger partial charge on any atom is -0.481 e. The lowest BCUT2D eigenvalue weighted by atomic mass is 9.63. The van der Waals surface area contributed by atoms with E-state index in [2.05, 4.69) is 13.8 Å². The molecule has 0 spiro atoms. The van der Waals surface area contributed by atoms with Crippen LogP contribution in [0.4, 0.5) is 0 Å². The van der Waals surface area contributed by atoms with Crippen LogP contribution in [-0.2, 0) is 4.79 Å². The summed E-state index contributed by atoms with van der Waals surface area (Å²) in [6, 6.07) is -0.168. The first-order chi connectivity index (χ1) is 5.99. The maximum absolute atomic E-state index is 11.0. The van der Waals surface area contributed by atoms with Crippen LogP contribution < -0.4 is 5.73 Å². The van der Waals surface area contributed by atoms with Crippen molar-refractivity contribution < 1.29 is 9.90 Å². The van der Waals surface area contributed by atoms with Crippen LogP contribution in [0.1, 0.15) is 39.5 Å². The third kappa shape index (κ3) is 1.85. The fourth-order valence-corrected chi connectivity index (χ4v) is 2.03. The largest absolute Gasteiger partial charge is 0.481 e. The predicted octanol–water partition coefficient (Wildman–Crippen LogP) is 1.61. The van der Waals surface area contributed by atoms with Gasteiger partial charge in [0, 0.05) is 6.04 Å². The molecule has 1 aliphatic carbocycles. The van der Waals surface area contributed by atoms with E-state index in [1.54, 1.807) is 0 Å². The molecule has 1 fully saturated rings. The van der Waals surface area contributed by atoms with E-state index < -0.39 is 11.4 Å². The first-order valence-corrected chi connectivity index (χ1v) is 4.98. The Morgan fingerprint density at radius 2 is 2.08 bits per heavy atom. The van der Waals surface area contributed by atoms with Crippen LogP contribution in [0.25, 0.3) is 0 Å². The molecule has 0 bridgehead atoms. The molecule has 3 nitrogen and oxygen atoms in total. The van der Waals surface area contributed by atoms with Gasteiger partial charge in [0.1, 0.15) is 0 Å². The van der Waals surface area contributed by atoms with Gasteiger partial charge in [-0.25, -0.2) is 0 Å². The van der Waals surface area contributed by atoms with Crippen molar-refractivity contribution in [3.63, 3.8) is 0 Å². The first kappa shape index (κ1) is 10.5. The Labute approximate surface area is 79.3 Å². The molecular weight excluding hydrogens is 166 g/mol. The summed E-state index contributed by atoms with van der Waals surface area (Å²) in [6.45, 7) is 4.15. The van der Waals surface area contributed by atoms with E-state index in [0.717, 1.165) is 25.7 Å². The van der Waals surface area contributed by atoms with E-state index in [1.165, 1.54) is 0 Å². The second-order valence-corrected chi connectivity index (χ2v) is 4.55. The molecule has 0 radical (unpaired) electrons. The minimum absolute atomic E-state index is 0.168. The number of rotatable bonds is 4. The number of nitrogens with two attached hydrogens (primary N) is 1. The molecule has 3 heteroatoms. The first-order valence-electron chi connectivity index (χ1n) is 4.98. The van der Waals surface area contributed by atoms with Crippen molar-refractivity contribution in [2.75, 3.05) is 0 Å². The zero-order chi connectivity index (χ0) is 10.1. The maximum atomic E-state index is 11.0. The van der Waals surface area contributed by atoms with Crippen molar-refractivity contribution in [2.24, 2.45) is 17.1 Å². The highest BCUT2D eigenvalue weighted by Crippen LogP contribution is 2.44. The fourth-order valence-electron chi connectivity index (χ4n) is 2.03. The van der Waals surface area contributed by atoms with Gasteiger partial charge in [0.25, 0.3) is 0 Å². The quantitative estimate of drug-likeness (QED) is 0.699. The molecule has 1 saturated carbocycles. The molecule has 0 aromatic carbocycles. The lowest BCUT2D eigenvalue weighted by Gasteiger charge is -2.42. The average molecular weight is 185 g/mol. The molecule has 1 aliphatic rings. The summed E-state index contributed by atoms with van der Waals surface area (Å²) in [6.07, 6.45) is 3.34. The zero-order valence-corrected chi connectivity index (χ0v) is 8.42. The number of carbonyl (C=O) groups is 1. The lowest BCUT2D eigenvalue weighted by Crippen LogP contribution is -2.52. The van der Waals surface area contributed by atoms with E-state index in [1.807, 2.05) is 0 Å². The molecule has 1 rings (SSSR count). The molecule has 0 heterocycles. The molecule has 0 aromatic rings. The summed E-state index contributed by atoms with van der Waals surface area (Å²) in [4.78, 5) is 11.0. The van der Waals surface area contributed by atoms with Crippen LogP contribution in [0, 0.1) is 11.3 Å². The SMILES string of the molecule is CC(C)CC(N)C1(C(=O)O)CCC1. The van der Waals surface area contributed by atoms with Crippen LogP contribution in [0.2, 0.25) is 0 Å². The van der Waals surface area contributed by atoms with Gasteiger partial charge in [-0.2, -0.15) is 0 Å². The van der Waals surface area contributed by atoms with Crippen molar-refractivity contribution in [2.45, 2.75) is 45.6 Å². The predicted molar refractivity (Wildman–Crippen MR) is 51.4 cm³/mol. The normalized spacial score (nSPS) is 22.5. The third-order valence-electron chi connectivity index (χ3n) is 3.11. The Bertz CT molecular complexity index is 197. The molecule has 3 N–H and O–H groups in total. The monoisotopic (exact) mass is 185 g/mol. The van der Waals surface area contributed by atoms with E-state index in [-0.39, 0.29) is 6.04 Å². The minimum atomic E-state index is -0.702. The van der Waals surface area contributed by atoms with Gasteiger partial charge >= 0.3 is 5.97 Å². The van der Waals surface area contributed by atoms with Gasteiger partial charge < -0.3 is 10.8 Å². The van der Waals surface area contributed by atoms with Crippen LogP contribution in [-0.4, -0.2) is 17.1 Å². The highest BCUT2D eigenvalue weighted by molar-refractivity contribution is 5.76. The number of aliphatic carboxylic acids is 1. The number of carboxylic acid groups (broad SMARTS) is 1. The summed E-state index contributed by atoms with van der Waals surface area (Å²) in [7, 11) is 0. The Morgan fingerprint density at radius 1 is 1.54 bits per heavy atom. The van der Waals surface area contributed by atoms with E-state index in [9.17, 15) is 4.79 Å². The molecule has 1 unspecified atom stereocenters. The van der Waals surface area contributed by atoms with E-state index in [0.29, 0.717) is 5.92 Å². The second-order valence-electron chi connectivity index (χ2n) is 4.55. The van der Waals surface area contributed by atoms with Crippen molar-refractivity contribution in [3.05, 3.63) is 0 Å². The van der Waals surface area contributed by atoms with Gasteiger partial charge in [-0.3, -0.25) is 4.79 Å². The van der Waals surface area contributed by atoms with Crippen LogP contribution >= 0.6 is 0 Å². The lowest BCUT2D eigenvalue weighted by molar-refractivity contribution is -0.156. The van der Waals surface area contributed by atoms with Crippen molar-refractivity contribution in [1.82, 2.24) is 0 Å². The zero-order valence-electron chi connectivity index (χ0n) is 8.42. The van der Waals surface area contributed by atoms with Gasteiger partial charge in [0.05, 0.1) is 5.41 Å². The van der Waals surface area contributed by atoms with Gasteiger partial charge in [-0.05, 0) is 25.2 Å². The molecule has 0 aromatic heterocycles. The summed E-state index contributed by atoms with van der Waals surface area (Å²) in [5.41, 5.74) is 5.34.